The van der Waals surface area contributed by atoms with Gasteiger partial charge < -0.3 is 0 Å². The van der Waals surface area contributed by atoms with Crippen LogP contribution in [0.4, 0.5) is 0 Å². The fourth-order valence-corrected chi connectivity index (χ4v) is 4.28. The van der Waals surface area contributed by atoms with E-state index in [1.165, 1.54) is 17.5 Å². The molecule has 0 saturated heterocycles. The number of ketones is 1. The van der Waals surface area contributed by atoms with E-state index in [0.29, 0.717) is 5.75 Å². The van der Waals surface area contributed by atoms with Crippen molar-refractivity contribution in [1.82, 2.24) is 0 Å². The van der Waals surface area contributed by atoms with Crippen LogP contribution in [-0.2, 0) is 21.3 Å². The predicted molar refractivity (Wildman–Crippen MR) is 84.2 cm³/mol. The summed E-state index contributed by atoms with van der Waals surface area (Å²) in [5.41, 5.74) is 3.46. The smallest absolute Gasteiger partial charge is 0.148 e. The average Bonchev–Trinajstić information content (AvgIpc) is 2.38. The first-order valence-corrected chi connectivity index (χ1v) is 8.98. The van der Waals surface area contributed by atoms with Gasteiger partial charge in [0, 0.05) is 22.5 Å². The van der Waals surface area contributed by atoms with E-state index in [1.54, 1.807) is 0 Å². The molecule has 1 aromatic rings. The molecule has 1 fully saturated rings. The van der Waals surface area contributed by atoms with E-state index in [9.17, 15) is 9.00 Å². The Morgan fingerprint density at radius 1 is 1.10 bits per heavy atom. The third kappa shape index (κ3) is 4.55. The van der Waals surface area contributed by atoms with Crippen LogP contribution in [0.5, 0.6) is 0 Å². The van der Waals surface area contributed by atoms with Crippen LogP contribution in [0.2, 0.25) is 0 Å². The Hall–Kier alpha value is -0.960. The lowest BCUT2D eigenvalue weighted by Crippen LogP contribution is -2.23. The van der Waals surface area contributed by atoms with Crippen LogP contribution in [0, 0.1) is 19.8 Å². The van der Waals surface area contributed by atoms with Gasteiger partial charge in [-0.05, 0) is 32.3 Å². The summed E-state index contributed by atoms with van der Waals surface area (Å²) in [7, 11) is -1.07. The molecule has 2 rings (SSSR count). The van der Waals surface area contributed by atoms with E-state index >= 15 is 0 Å². The van der Waals surface area contributed by atoms with Gasteiger partial charge in [-0.3, -0.25) is 9.00 Å². The molecular formula is C17H24O2S. The summed E-state index contributed by atoms with van der Waals surface area (Å²) < 4.78 is 12.2. The molecule has 1 atom stereocenters. The van der Waals surface area contributed by atoms with Gasteiger partial charge in [0.1, 0.15) is 5.78 Å². The Labute approximate surface area is 124 Å². The van der Waals surface area contributed by atoms with E-state index < -0.39 is 10.8 Å². The summed E-state index contributed by atoms with van der Waals surface area (Å²) in [6.45, 7) is 4.10. The first-order chi connectivity index (χ1) is 9.54. The Bertz CT molecular complexity index is 481. The van der Waals surface area contributed by atoms with Gasteiger partial charge in [-0.2, -0.15) is 0 Å². The van der Waals surface area contributed by atoms with Crippen molar-refractivity contribution < 1.29 is 9.00 Å². The van der Waals surface area contributed by atoms with Gasteiger partial charge in [0.15, 0.2) is 0 Å². The maximum Gasteiger partial charge on any atom is 0.148 e. The van der Waals surface area contributed by atoms with Gasteiger partial charge in [0.25, 0.3) is 0 Å². The molecule has 1 aliphatic carbocycles. The average molecular weight is 292 g/mol. The molecule has 1 aliphatic rings. The van der Waals surface area contributed by atoms with Crippen molar-refractivity contribution in [3.05, 3.63) is 34.9 Å². The summed E-state index contributed by atoms with van der Waals surface area (Å²) in [6, 6.07) is 6.24. The molecule has 1 aromatic carbocycles. The predicted octanol–water partition coefficient (Wildman–Crippen LogP) is 3.70. The van der Waals surface area contributed by atoms with Gasteiger partial charge in [-0.25, -0.2) is 0 Å². The Balaban J connectivity index is 1.89. The van der Waals surface area contributed by atoms with Gasteiger partial charge in [-0.1, -0.05) is 48.6 Å². The van der Waals surface area contributed by atoms with Crippen molar-refractivity contribution in [2.45, 2.75) is 51.7 Å². The summed E-state index contributed by atoms with van der Waals surface area (Å²) in [6.07, 6.45) is 5.55. The summed E-state index contributed by atoms with van der Waals surface area (Å²) >= 11 is 0. The molecule has 2 nitrogen and oxygen atoms in total. The quantitative estimate of drug-likeness (QED) is 0.829. The molecule has 110 valence electrons. The lowest BCUT2D eigenvalue weighted by molar-refractivity contribution is -0.121. The Morgan fingerprint density at radius 3 is 2.30 bits per heavy atom. The summed E-state index contributed by atoms with van der Waals surface area (Å²) in [5.74, 6) is 1.12. The van der Waals surface area contributed by atoms with E-state index in [-0.39, 0.29) is 17.5 Å². The Morgan fingerprint density at radius 2 is 1.70 bits per heavy atom. The van der Waals surface area contributed by atoms with Crippen LogP contribution in [0.3, 0.4) is 0 Å². The molecule has 0 aromatic heterocycles. The van der Waals surface area contributed by atoms with Crippen molar-refractivity contribution in [2.24, 2.45) is 5.92 Å². The van der Waals surface area contributed by atoms with Crippen LogP contribution in [0.1, 0.15) is 48.8 Å². The van der Waals surface area contributed by atoms with Gasteiger partial charge in [0.2, 0.25) is 0 Å². The molecule has 0 heterocycles. The second-order valence-corrected chi connectivity index (χ2v) is 7.48. The highest BCUT2D eigenvalue weighted by Crippen LogP contribution is 2.24. The number of carbonyl (C=O) groups excluding carboxylic acids is 1. The molecule has 0 amide bonds. The van der Waals surface area contributed by atoms with Crippen molar-refractivity contribution in [2.75, 3.05) is 5.75 Å². The standard InChI is InChI=1S/C17H24O2S/c1-13-8-14(2)10-15(9-13)11-20(19)12-17(18)16-6-4-3-5-7-16/h8-10,16H,3-7,11-12H2,1-2H3. The number of hydrogen-bond donors (Lipinski definition) is 0. The number of aryl methyl sites for hydroxylation is 2. The van der Waals surface area contributed by atoms with Gasteiger partial charge >= 0.3 is 0 Å². The molecule has 0 spiro atoms. The first kappa shape index (κ1) is 15.4. The maximum absolute atomic E-state index is 12.2. The van der Waals surface area contributed by atoms with Crippen LogP contribution in [-0.4, -0.2) is 15.7 Å². The Kier molecular flexibility index (Phi) is 5.53. The van der Waals surface area contributed by atoms with Crippen molar-refractivity contribution >= 4 is 16.6 Å². The second-order valence-electron chi connectivity index (χ2n) is 6.03. The molecule has 0 aliphatic heterocycles. The molecule has 20 heavy (non-hydrogen) atoms. The van der Waals surface area contributed by atoms with Crippen LogP contribution in [0.15, 0.2) is 18.2 Å². The zero-order chi connectivity index (χ0) is 14.5. The minimum Gasteiger partial charge on any atom is -0.298 e. The molecular weight excluding hydrogens is 268 g/mol. The zero-order valence-electron chi connectivity index (χ0n) is 12.5. The second kappa shape index (κ2) is 7.16. The molecule has 0 bridgehead atoms. The number of carbonyl (C=O) groups is 1. The van der Waals surface area contributed by atoms with Crippen LogP contribution >= 0.6 is 0 Å². The van der Waals surface area contributed by atoms with Crippen molar-refractivity contribution in [3.8, 4) is 0 Å². The third-order valence-corrected chi connectivity index (χ3v) is 5.23. The topological polar surface area (TPSA) is 34.1 Å². The molecule has 0 N–H and O–H groups in total. The van der Waals surface area contributed by atoms with Crippen LogP contribution in [0.25, 0.3) is 0 Å². The van der Waals surface area contributed by atoms with E-state index in [0.717, 1.165) is 31.2 Å². The molecule has 3 heteroatoms. The van der Waals surface area contributed by atoms with Crippen LogP contribution < -0.4 is 0 Å². The van der Waals surface area contributed by atoms with E-state index in [2.05, 4.69) is 18.2 Å². The van der Waals surface area contributed by atoms with Crippen molar-refractivity contribution in [1.29, 1.82) is 0 Å². The number of Topliss-reactive ketones (excluding diaryl/α,β-unsaturated/α-hetero) is 1. The highest BCUT2D eigenvalue weighted by atomic mass is 32.2. The lowest BCUT2D eigenvalue weighted by atomic mass is 9.87. The number of hydrogen-bond acceptors (Lipinski definition) is 2. The van der Waals surface area contributed by atoms with Gasteiger partial charge in [-0.15, -0.1) is 0 Å². The SMILES string of the molecule is Cc1cc(C)cc(CS(=O)CC(=O)C2CCCCC2)c1. The lowest BCUT2D eigenvalue weighted by Gasteiger charge is -2.19. The number of rotatable bonds is 5. The maximum atomic E-state index is 12.2. The molecule has 1 unspecified atom stereocenters. The fourth-order valence-electron chi connectivity index (χ4n) is 3.09. The van der Waals surface area contributed by atoms with Crippen molar-refractivity contribution in [3.63, 3.8) is 0 Å². The highest BCUT2D eigenvalue weighted by molar-refractivity contribution is 7.84. The fraction of sp³-hybridized carbons (Fsp3) is 0.588. The zero-order valence-corrected chi connectivity index (χ0v) is 13.3. The minimum atomic E-state index is -1.07. The first-order valence-electron chi connectivity index (χ1n) is 7.49. The molecule has 1 saturated carbocycles. The van der Waals surface area contributed by atoms with E-state index in [4.69, 9.17) is 0 Å². The minimum absolute atomic E-state index is 0.173. The largest absolute Gasteiger partial charge is 0.298 e. The monoisotopic (exact) mass is 292 g/mol. The number of benzene rings is 1. The molecule has 0 radical (unpaired) electrons. The normalized spacial score (nSPS) is 17.9. The highest BCUT2D eigenvalue weighted by Gasteiger charge is 2.22. The van der Waals surface area contributed by atoms with Gasteiger partial charge in [0.05, 0.1) is 5.75 Å². The summed E-state index contributed by atoms with van der Waals surface area (Å²) in [5, 5.41) is 0. The van der Waals surface area contributed by atoms with E-state index in [1.807, 2.05) is 13.8 Å². The third-order valence-electron chi connectivity index (χ3n) is 3.97. The summed E-state index contributed by atoms with van der Waals surface area (Å²) in [4.78, 5) is 12.1.